The van der Waals surface area contributed by atoms with E-state index in [0.29, 0.717) is 17.3 Å². The van der Waals surface area contributed by atoms with Crippen molar-refractivity contribution in [2.45, 2.75) is 31.8 Å². The molecule has 2 fully saturated rings. The van der Waals surface area contributed by atoms with Crippen molar-refractivity contribution in [2.75, 3.05) is 38.3 Å². The molecule has 7 nitrogen and oxygen atoms in total. The standard InChI is InChI=1S/C18H25N5O2S/c1-22(13-17-20-4-9-26-17)14-10-18(14)2-5-23(6-3-18)15-11-19-12-16(21-15)25-8-7-24/h4,9,11-12,14,24H,2-3,5-8,10,13H2,1H3. The number of aliphatic hydroxyl groups is 1. The molecule has 3 heterocycles. The number of hydrogen-bond acceptors (Lipinski definition) is 8. The lowest BCUT2D eigenvalue weighted by Crippen LogP contribution is -2.38. The lowest BCUT2D eigenvalue weighted by atomic mass is 9.92. The average Bonchev–Trinajstić information content (AvgIpc) is 3.11. The second-order valence-electron chi connectivity index (χ2n) is 7.20. The molecule has 0 radical (unpaired) electrons. The van der Waals surface area contributed by atoms with Gasteiger partial charge in [0, 0.05) is 30.7 Å². The zero-order valence-corrected chi connectivity index (χ0v) is 15.9. The number of piperidine rings is 1. The van der Waals surface area contributed by atoms with E-state index in [1.54, 1.807) is 23.7 Å². The molecular weight excluding hydrogens is 350 g/mol. The Hall–Kier alpha value is -1.77. The Balaban J connectivity index is 1.32. The summed E-state index contributed by atoms with van der Waals surface area (Å²) in [7, 11) is 2.22. The topological polar surface area (TPSA) is 74.6 Å². The van der Waals surface area contributed by atoms with Gasteiger partial charge in [0.15, 0.2) is 5.82 Å². The van der Waals surface area contributed by atoms with E-state index in [4.69, 9.17) is 9.84 Å². The normalized spacial score (nSPS) is 21.3. The molecule has 2 aliphatic rings. The molecule has 1 spiro atoms. The SMILES string of the molecule is CN(Cc1nccs1)C1CC12CCN(c1cncc(OCCO)n1)CC2. The van der Waals surface area contributed by atoms with Crippen LogP contribution in [0.1, 0.15) is 24.3 Å². The lowest BCUT2D eigenvalue weighted by Gasteiger charge is -2.34. The van der Waals surface area contributed by atoms with Crippen LogP contribution in [-0.2, 0) is 6.54 Å². The number of rotatable bonds is 7. The summed E-state index contributed by atoms with van der Waals surface area (Å²) in [5.41, 5.74) is 0.459. The summed E-state index contributed by atoms with van der Waals surface area (Å²) in [6.45, 7) is 3.17. The van der Waals surface area contributed by atoms with Crippen molar-refractivity contribution in [3.8, 4) is 5.88 Å². The number of hydrogen-bond donors (Lipinski definition) is 1. The van der Waals surface area contributed by atoms with Gasteiger partial charge in [-0.25, -0.2) is 4.98 Å². The van der Waals surface area contributed by atoms with Crippen LogP contribution in [0.3, 0.4) is 0 Å². The van der Waals surface area contributed by atoms with Gasteiger partial charge in [-0.1, -0.05) is 0 Å². The van der Waals surface area contributed by atoms with Crippen molar-refractivity contribution in [3.63, 3.8) is 0 Å². The smallest absolute Gasteiger partial charge is 0.234 e. The first kappa shape index (κ1) is 17.6. The summed E-state index contributed by atoms with van der Waals surface area (Å²) in [5.74, 6) is 1.34. The first-order chi connectivity index (χ1) is 12.7. The van der Waals surface area contributed by atoms with E-state index < -0.39 is 0 Å². The highest BCUT2D eigenvalue weighted by atomic mass is 32.1. The Labute approximate surface area is 157 Å². The molecule has 2 aromatic heterocycles. The number of thiazole rings is 1. The summed E-state index contributed by atoms with van der Waals surface area (Å²) in [5, 5.41) is 12.1. The summed E-state index contributed by atoms with van der Waals surface area (Å²) >= 11 is 1.73. The van der Waals surface area contributed by atoms with Crippen molar-refractivity contribution < 1.29 is 9.84 Å². The van der Waals surface area contributed by atoms with Gasteiger partial charge in [0.2, 0.25) is 5.88 Å². The van der Waals surface area contributed by atoms with E-state index in [2.05, 4.69) is 31.8 Å². The van der Waals surface area contributed by atoms with Gasteiger partial charge in [0.25, 0.3) is 0 Å². The summed E-state index contributed by atoms with van der Waals surface area (Å²) in [4.78, 5) is 17.9. The minimum atomic E-state index is -0.0198. The van der Waals surface area contributed by atoms with E-state index in [1.165, 1.54) is 24.3 Å². The van der Waals surface area contributed by atoms with Crippen molar-refractivity contribution >= 4 is 17.2 Å². The Kier molecular flexibility index (Phi) is 5.06. The fourth-order valence-corrected chi connectivity index (χ4v) is 4.71. The third-order valence-electron chi connectivity index (χ3n) is 5.57. The predicted molar refractivity (Wildman–Crippen MR) is 100 cm³/mol. The van der Waals surface area contributed by atoms with Crippen LogP contribution in [0.2, 0.25) is 0 Å². The first-order valence-corrected chi connectivity index (χ1v) is 9.97. The molecule has 1 atom stereocenters. The van der Waals surface area contributed by atoms with Gasteiger partial charge in [-0.3, -0.25) is 9.88 Å². The molecule has 0 aromatic carbocycles. The fourth-order valence-electron chi connectivity index (χ4n) is 4.03. The van der Waals surface area contributed by atoms with Crippen molar-refractivity contribution in [3.05, 3.63) is 29.0 Å². The molecule has 1 saturated carbocycles. The zero-order chi connectivity index (χ0) is 18.0. The van der Waals surface area contributed by atoms with Crippen LogP contribution in [0, 0.1) is 5.41 Å². The molecule has 1 N–H and O–H groups in total. The average molecular weight is 375 g/mol. The minimum Gasteiger partial charge on any atom is -0.474 e. The molecule has 1 aliphatic heterocycles. The van der Waals surface area contributed by atoms with Gasteiger partial charge in [0.05, 0.1) is 25.5 Å². The fraction of sp³-hybridized carbons (Fsp3) is 0.611. The second-order valence-corrected chi connectivity index (χ2v) is 8.18. The summed E-state index contributed by atoms with van der Waals surface area (Å²) in [6.07, 6.45) is 8.92. The molecule has 1 saturated heterocycles. The molecule has 0 amide bonds. The zero-order valence-electron chi connectivity index (χ0n) is 15.0. The summed E-state index contributed by atoms with van der Waals surface area (Å²) in [6, 6.07) is 0.666. The number of nitrogens with zero attached hydrogens (tertiary/aromatic N) is 5. The largest absolute Gasteiger partial charge is 0.474 e. The molecule has 1 unspecified atom stereocenters. The third-order valence-corrected chi connectivity index (χ3v) is 6.34. The Morgan fingerprint density at radius 2 is 2.23 bits per heavy atom. The molecule has 4 rings (SSSR count). The first-order valence-electron chi connectivity index (χ1n) is 9.09. The lowest BCUT2D eigenvalue weighted by molar-refractivity contribution is 0.196. The van der Waals surface area contributed by atoms with E-state index in [0.717, 1.165) is 25.5 Å². The van der Waals surface area contributed by atoms with Crippen LogP contribution in [0.4, 0.5) is 5.82 Å². The second kappa shape index (κ2) is 7.46. The Morgan fingerprint density at radius 1 is 1.38 bits per heavy atom. The maximum Gasteiger partial charge on any atom is 0.234 e. The van der Waals surface area contributed by atoms with Crippen LogP contribution >= 0.6 is 11.3 Å². The number of ether oxygens (including phenoxy) is 1. The van der Waals surface area contributed by atoms with Gasteiger partial charge >= 0.3 is 0 Å². The monoisotopic (exact) mass is 375 g/mol. The Bertz CT molecular complexity index is 718. The van der Waals surface area contributed by atoms with Crippen LogP contribution in [0.25, 0.3) is 0 Å². The Morgan fingerprint density at radius 3 is 2.96 bits per heavy atom. The molecule has 140 valence electrons. The van der Waals surface area contributed by atoms with Crippen LogP contribution in [0.15, 0.2) is 24.0 Å². The van der Waals surface area contributed by atoms with Gasteiger partial charge in [-0.2, -0.15) is 4.98 Å². The molecule has 8 heteroatoms. The molecular formula is C18H25N5O2S. The maximum atomic E-state index is 8.87. The van der Waals surface area contributed by atoms with E-state index in [9.17, 15) is 0 Å². The highest BCUT2D eigenvalue weighted by molar-refractivity contribution is 7.09. The van der Waals surface area contributed by atoms with E-state index in [1.807, 2.05) is 11.6 Å². The minimum absolute atomic E-state index is 0.0198. The quantitative estimate of drug-likeness (QED) is 0.791. The van der Waals surface area contributed by atoms with Gasteiger partial charge in [-0.05, 0) is 31.7 Å². The van der Waals surface area contributed by atoms with E-state index >= 15 is 0 Å². The van der Waals surface area contributed by atoms with Gasteiger partial charge < -0.3 is 14.7 Å². The van der Waals surface area contributed by atoms with Crippen molar-refractivity contribution in [1.29, 1.82) is 0 Å². The highest BCUT2D eigenvalue weighted by Gasteiger charge is 2.56. The molecule has 26 heavy (non-hydrogen) atoms. The molecule has 0 bridgehead atoms. The predicted octanol–water partition coefficient (Wildman–Crippen LogP) is 1.80. The van der Waals surface area contributed by atoms with Gasteiger partial charge in [-0.15, -0.1) is 11.3 Å². The highest BCUT2D eigenvalue weighted by Crippen LogP contribution is 2.56. The number of anilines is 1. The summed E-state index contributed by atoms with van der Waals surface area (Å²) < 4.78 is 5.38. The number of aromatic nitrogens is 3. The molecule has 2 aromatic rings. The third kappa shape index (κ3) is 3.67. The molecule has 1 aliphatic carbocycles. The van der Waals surface area contributed by atoms with Gasteiger partial charge in [0.1, 0.15) is 11.6 Å². The number of aliphatic hydroxyl groups excluding tert-OH is 1. The van der Waals surface area contributed by atoms with Crippen LogP contribution < -0.4 is 9.64 Å². The van der Waals surface area contributed by atoms with Crippen LogP contribution in [-0.4, -0.2) is 64.4 Å². The van der Waals surface area contributed by atoms with Crippen molar-refractivity contribution in [2.24, 2.45) is 5.41 Å². The van der Waals surface area contributed by atoms with E-state index in [-0.39, 0.29) is 13.2 Å². The van der Waals surface area contributed by atoms with Crippen LogP contribution in [0.5, 0.6) is 5.88 Å². The maximum absolute atomic E-state index is 8.87. The van der Waals surface area contributed by atoms with Crippen molar-refractivity contribution in [1.82, 2.24) is 19.9 Å².